The zero-order valence-electron chi connectivity index (χ0n) is 14.5. The number of hydrogen-bond acceptors (Lipinski definition) is 0. The molecule has 0 aliphatic carbocycles. The third-order valence-electron chi connectivity index (χ3n) is 5.44. The third kappa shape index (κ3) is 3.89. The van der Waals surface area contributed by atoms with E-state index in [-0.39, 0.29) is 17.0 Å². The Hall–Kier alpha value is -0.650. The van der Waals surface area contributed by atoms with Gasteiger partial charge in [0.25, 0.3) is 0 Å². The molecule has 0 bridgehead atoms. The quantitative estimate of drug-likeness (QED) is 0.689. The van der Waals surface area contributed by atoms with E-state index in [0.29, 0.717) is 5.41 Å². The van der Waals surface area contributed by atoms with Crippen LogP contribution in [0.15, 0.2) is 60.7 Å². The minimum atomic E-state index is -1.20. The van der Waals surface area contributed by atoms with E-state index < -0.39 is 7.26 Å². The van der Waals surface area contributed by atoms with Crippen LogP contribution in [0.3, 0.4) is 0 Å². The first-order chi connectivity index (χ1) is 10.5. The van der Waals surface area contributed by atoms with Crippen molar-refractivity contribution in [1.29, 1.82) is 0 Å². The fraction of sp³-hybridized carbons (Fsp3) is 0.429. The molecule has 0 radical (unpaired) electrons. The zero-order chi connectivity index (χ0) is 15.6. The van der Waals surface area contributed by atoms with Gasteiger partial charge in [0.1, 0.15) is 0 Å². The summed E-state index contributed by atoms with van der Waals surface area (Å²) in [6.07, 6.45) is 5.51. The van der Waals surface area contributed by atoms with Crippen molar-refractivity contribution in [2.75, 3.05) is 12.3 Å². The van der Waals surface area contributed by atoms with Crippen LogP contribution >= 0.6 is 7.26 Å². The summed E-state index contributed by atoms with van der Waals surface area (Å²) in [5.74, 6) is 0.869. The number of hydrogen-bond donors (Lipinski definition) is 0. The lowest BCUT2D eigenvalue weighted by Crippen LogP contribution is -3.00. The molecule has 1 fully saturated rings. The van der Waals surface area contributed by atoms with Crippen LogP contribution in [0.25, 0.3) is 0 Å². The molecule has 1 aliphatic heterocycles. The molecule has 1 saturated heterocycles. The maximum absolute atomic E-state index is 2.41. The van der Waals surface area contributed by atoms with E-state index in [1.54, 1.807) is 10.6 Å². The predicted octanol–water partition coefficient (Wildman–Crippen LogP) is 2.12. The lowest BCUT2D eigenvalue weighted by molar-refractivity contribution is -0.00000514. The van der Waals surface area contributed by atoms with Gasteiger partial charge in [0.2, 0.25) is 0 Å². The molecule has 23 heavy (non-hydrogen) atoms. The fourth-order valence-corrected chi connectivity index (χ4v) is 8.51. The Morgan fingerprint density at radius 2 is 1.13 bits per heavy atom. The van der Waals surface area contributed by atoms with Gasteiger partial charge in [-0.15, -0.1) is 0 Å². The lowest BCUT2D eigenvalue weighted by atomic mass is 9.77. The predicted molar refractivity (Wildman–Crippen MR) is 101 cm³/mol. The molecule has 124 valence electrons. The van der Waals surface area contributed by atoms with Crippen LogP contribution in [0.1, 0.15) is 33.6 Å². The van der Waals surface area contributed by atoms with Crippen molar-refractivity contribution in [3.8, 4) is 0 Å². The Bertz CT molecular complexity index is 551. The van der Waals surface area contributed by atoms with Gasteiger partial charge in [-0.1, -0.05) is 57.2 Å². The Morgan fingerprint density at radius 1 is 0.739 bits per heavy atom. The second kappa shape index (κ2) is 7.49. The van der Waals surface area contributed by atoms with Crippen molar-refractivity contribution >= 4 is 17.9 Å². The highest BCUT2D eigenvalue weighted by Gasteiger charge is 2.47. The third-order valence-corrected chi connectivity index (χ3v) is 10.1. The molecule has 3 rings (SSSR count). The maximum Gasteiger partial charge on any atom is 0.0991 e. The van der Waals surface area contributed by atoms with Gasteiger partial charge >= 0.3 is 0 Å². The van der Waals surface area contributed by atoms with Crippen LogP contribution < -0.4 is 27.6 Å². The molecular formula is C21H28BrP. The number of rotatable bonds is 2. The molecule has 0 spiro atoms. The summed E-state index contributed by atoms with van der Waals surface area (Å²) in [4.78, 5) is 0. The van der Waals surface area contributed by atoms with Gasteiger partial charge < -0.3 is 17.0 Å². The molecule has 0 aromatic heterocycles. The molecule has 0 amide bonds. The second-order valence-electron chi connectivity index (χ2n) is 7.73. The fourth-order valence-electron chi connectivity index (χ4n) is 3.97. The van der Waals surface area contributed by atoms with Gasteiger partial charge in [0, 0.05) is 0 Å². The standard InChI is InChI=1S/C21H28P.BrH/c1-21(2,3)18-14-16-22(17-15-18,19-10-6-4-7-11-19)20-12-8-5-9-13-20;/h4-13,18H,14-17H2,1-3H3;1H/q+1;/p-1. The van der Waals surface area contributed by atoms with Crippen molar-refractivity contribution < 1.29 is 17.0 Å². The Morgan fingerprint density at radius 3 is 1.48 bits per heavy atom. The van der Waals surface area contributed by atoms with Gasteiger partial charge in [-0.2, -0.15) is 0 Å². The molecule has 0 N–H and O–H groups in total. The minimum Gasteiger partial charge on any atom is -1.00 e. The summed E-state index contributed by atoms with van der Waals surface area (Å²) in [5.41, 5.74) is 0.448. The minimum absolute atomic E-state index is 0. The highest BCUT2D eigenvalue weighted by Crippen LogP contribution is 2.62. The average Bonchev–Trinajstić information content (AvgIpc) is 2.56. The van der Waals surface area contributed by atoms with Crippen LogP contribution in [-0.2, 0) is 0 Å². The van der Waals surface area contributed by atoms with E-state index in [1.807, 2.05) is 0 Å². The smallest absolute Gasteiger partial charge is 0.0991 e. The lowest BCUT2D eigenvalue weighted by Gasteiger charge is -2.39. The Kier molecular flexibility index (Phi) is 6.09. The van der Waals surface area contributed by atoms with E-state index in [0.717, 1.165) is 5.92 Å². The summed E-state index contributed by atoms with van der Waals surface area (Å²) in [6, 6.07) is 22.7. The van der Waals surface area contributed by atoms with Gasteiger partial charge in [0.15, 0.2) is 0 Å². The van der Waals surface area contributed by atoms with Crippen molar-refractivity contribution in [2.45, 2.75) is 33.6 Å². The first-order valence-corrected chi connectivity index (χ1v) is 10.7. The van der Waals surface area contributed by atoms with E-state index in [1.165, 1.54) is 25.2 Å². The molecule has 1 heterocycles. The molecule has 0 saturated carbocycles. The topological polar surface area (TPSA) is 0 Å². The first-order valence-electron chi connectivity index (χ1n) is 8.51. The Labute approximate surface area is 152 Å². The van der Waals surface area contributed by atoms with E-state index in [4.69, 9.17) is 0 Å². The van der Waals surface area contributed by atoms with Crippen LogP contribution in [0.5, 0.6) is 0 Å². The van der Waals surface area contributed by atoms with Gasteiger partial charge in [-0.25, -0.2) is 0 Å². The summed E-state index contributed by atoms with van der Waals surface area (Å²) in [7, 11) is -1.20. The van der Waals surface area contributed by atoms with Crippen LogP contribution in [0.4, 0.5) is 0 Å². The molecule has 0 atom stereocenters. The van der Waals surface area contributed by atoms with Crippen LogP contribution in [0, 0.1) is 11.3 Å². The molecule has 2 aromatic carbocycles. The summed E-state index contributed by atoms with van der Waals surface area (Å²) in [6.45, 7) is 7.23. The van der Waals surface area contributed by atoms with E-state index in [9.17, 15) is 0 Å². The summed E-state index contributed by atoms with van der Waals surface area (Å²) in [5, 5.41) is 3.21. The second-order valence-corrected chi connectivity index (χ2v) is 11.6. The van der Waals surface area contributed by atoms with Crippen LogP contribution in [-0.4, -0.2) is 12.3 Å². The number of benzene rings is 2. The van der Waals surface area contributed by atoms with E-state index in [2.05, 4.69) is 81.4 Å². The summed E-state index contributed by atoms with van der Waals surface area (Å²) >= 11 is 0. The molecule has 2 heteroatoms. The SMILES string of the molecule is CC(C)(C)C1CC[P+](c2ccccc2)(c2ccccc2)CC1.[Br-]. The highest BCUT2D eigenvalue weighted by molar-refractivity contribution is 7.89. The van der Waals surface area contributed by atoms with Crippen molar-refractivity contribution in [3.63, 3.8) is 0 Å². The largest absolute Gasteiger partial charge is 1.00 e. The van der Waals surface area contributed by atoms with Gasteiger partial charge in [0.05, 0.1) is 30.2 Å². The maximum atomic E-state index is 2.41. The van der Waals surface area contributed by atoms with Crippen molar-refractivity contribution in [3.05, 3.63) is 60.7 Å². The van der Waals surface area contributed by atoms with Gasteiger partial charge in [-0.05, 0) is 48.4 Å². The van der Waals surface area contributed by atoms with Crippen molar-refractivity contribution in [2.24, 2.45) is 11.3 Å². The van der Waals surface area contributed by atoms with Crippen LogP contribution in [0.2, 0.25) is 0 Å². The molecule has 1 aliphatic rings. The first kappa shape index (κ1) is 18.7. The monoisotopic (exact) mass is 390 g/mol. The molecule has 0 unspecified atom stereocenters. The zero-order valence-corrected chi connectivity index (χ0v) is 17.0. The van der Waals surface area contributed by atoms with E-state index >= 15 is 0 Å². The van der Waals surface area contributed by atoms with Gasteiger partial charge in [-0.3, -0.25) is 0 Å². The molecule has 0 nitrogen and oxygen atoms in total. The average molecular weight is 391 g/mol. The number of halogens is 1. The summed E-state index contributed by atoms with van der Waals surface area (Å²) < 4.78 is 0. The molecule has 2 aromatic rings. The Balaban J connectivity index is 0.00000192. The normalized spacial score (nSPS) is 18.2. The molecular weight excluding hydrogens is 363 g/mol. The van der Waals surface area contributed by atoms with Crippen molar-refractivity contribution in [1.82, 2.24) is 0 Å². The highest BCUT2D eigenvalue weighted by atomic mass is 79.9.